The highest BCUT2D eigenvalue weighted by molar-refractivity contribution is 7.90. The van der Waals surface area contributed by atoms with Crippen LogP contribution in [0, 0.1) is 11.7 Å². The molecule has 0 spiro atoms. The fraction of sp³-hybridized carbons (Fsp3) is 0.500. The molecular weight excluding hydrogens is 317 g/mol. The van der Waals surface area contributed by atoms with E-state index in [0.29, 0.717) is 5.56 Å². The maximum Gasteiger partial charge on any atom is 0.224 e. The predicted octanol–water partition coefficient (Wildman–Crippen LogP) is 2.51. The lowest BCUT2D eigenvalue weighted by Crippen LogP contribution is -2.44. The van der Waals surface area contributed by atoms with Crippen LogP contribution in [0.3, 0.4) is 0 Å². The van der Waals surface area contributed by atoms with Crippen molar-refractivity contribution in [3.63, 3.8) is 0 Å². The van der Waals surface area contributed by atoms with Gasteiger partial charge in [-0.3, -0.25) is 4.79 Å². The smallest absolute Gasteiger partial charge is 0.224 e. The van der Waals surface area contributed by atoms with Crippen LogP contribution in [0.25, 0.3) is 0 Å². The van der Waals surface area contributed by atoms with Gasteiger partial charge in [-0.1, -0.05) is 24.6 Å². The minimum Gasteiger partial charge on any atom is -0.347 e. The van der Waals surface area contributed by atoms with Gasteiger partial charge in [0, 0.05) is 17.2 Å². The van der Waals surface area contributed by atoms with Crippen LogP contribution in [0.4, 0.5) is 4.39 Å². The van der Waals surface area contributed by atoms with Gasteiger partial charge < -0.3 is 5.32 Å². The largest absolute Gasteiger partial charge is 0.347 e. The summed E-state index contributed by atoms with van der Waals surface area (Å²) in [7, 11) is -3.24. The van der Waals surface area contributed by atoms with E-state index in [1.54, 1.807) is 20.8 Å². The number of halogens is 2. The summed E-state index contributed by atoms with van der Waals surface area (Å²) in [5.41, 5.74) is -0.279. The molecule has 1 atom stereocenters. The number of benzene rings is 1. The van der Waals surface area contributed by atoms with Gasteiger partial charge in [-0.15, -0.1) is 0 Å². The fourth-order valence-corrected chi connectivity index (χ4v) is 3.49. The third-order valence-electron chi connectivity index (χ3n) is 3.04. The van der Waals surface area contributed by atoms with Crippen molar-refractivity contribution < 1.29 is 17.6 Å². The Hall–Kier alpha value is -1.14. The van der Waals surface area contributed by atoms with Crippen molar-refractivity contribution in [3.8, 4) is 0 Å². The Kier molecular flexibility index (Phi) is 5.39. The lowest BCUT2D eigenvalue weighted by atomic mass is 9.93. The normalized spacial score (nSPS) is 13.8. The summed E-state index contributed by atoms with van der Waals surface area (Å²) in [6.45, 7) is 4.98. The van der Waals surface area contributed by atoms with Gasteiger partial charge in [0.15, 0.2) is 0 Å². The SMILES string of the molecule is C[C@H](CS(C)(=O)=O)C(=O)NC(C)(C)c1ccc(F)cc1Cl. The summed E-state index contributed by atoms with van der Waals surface area (Å²) >= 11 is 6.00. The molecule has 0 unspecified atom stereocenters. The Labute approximate surface area is 129 Å². The zero-order valence-corrected chi connectivity index (χ0v) is 14.0. The third-order valence-corrected chi connectivity index (χ3v) is 4.46. The minimum absolute atomic E-state index is 0.205. The first-order valence-corrected chi connectivity index (χ1v) is 8.81. The highest BCUT2D eigenvalue weighted by atomic mass is 35.5. The molecule has 0 aliphatic rings. The Morgan fingerprint density at radius 3 is 2.48 bits per heavy atom. The molecule has 1 N–H and O–H groups in total. The van der Waals surface area contributed by atoms with Gasteiger partial charge in [0.25, 0.3) is 0 Å². The van der Waals surface area contributed by atoms with Crippen LogP contribution >= 0.6 is 11.6 Å². The van der Waals surface area contributed by atoms with Crippen molar-refractivity contribution >= 4 is 27.3 Å². The molecule has 0 fully saturated rings. The Bertz CT molecular complexity index is 644. The second kappa shape index (κ2) is 6.32. The van der Waals surface area contributed by atoms with E-state index in [1.165, 1.54) is 18.2 Å². The van der Waals surface area contributed by atoms with Crippen molar-refractivity contribution in [2.24, 2.45) is 5.92 Å². The number of hydrogen-bond donors (Lipinski definition) is 1. The van der Waals surface area contributed by atoms with Gasteiger partial charge in [-0.2, -0.15) is 0 Å². The molecule has 118 valence electrons. The van der Waals surface area contributed by atoms with Gasteiger partial charge in [-0.05, 0) is 31.5 Å². The molecule has 1 aromatic rings. The molecule has 1 amide bonds. The number of hydrogen-bond acceptors (Lipinski definition) is 3. The molecule has 0 heterocycles. The summed E-state index contributed by atoms with van der Waals surface area (Å²) in [4.78, 5) is 12.1. The molecule has 0 aliphatic carbocycles. The lowest BCUT2D eigenvalue weighted by Gasteiger charge is -2.29. The second-order valence-corrected chi connectivity index (χ2v) is 8.32. The first kappa shape index (κ1) is 17.9. The first-order chi connectivity index (χ1) is 9.42. The van der Waals surface area contributed by atoms with E-state index >= 15 is 0 Å². The zero-order valence-electron chi connectivity index (χ0n) is 12.4. The maximum atomic E-state index is 13.1. The number of nitrogens with one attached hydrogen (secondary N) is 1. The molecule has 0 aliphatic heterocycles. The van der Waals surface area contributed by atoms with E-state index in [1.807, 2.05) is 0 Å². The molecule has 4 nitrogen and oxygen atoms in total. The van der Waals surface area contributed by atoms with Crippen LogP contribution < -0.4 is 5.32 Å². The molecule has 21 heavy (non-hydrogen) atoms. The highest BCUT2D eigenvalue weighted by Gasteiger charge is 2.28. The van der Waals surface area contributed by atoms with Crippen molar-refractivity contribution in [1.82, 2.24) is 5.32 Å². The lowest BCUT2D eigenvalue weighted by molar-refractivity contribution is -0.125. The van der Waals surface area contributed by atoms with Crippen molar-refractivity contribution in [1.29, 1.82) is 0 Å². The van der Waals surface area contributed by atoms with Crippen LogP contribution in [0.5, 0.6) is 0 Å². The number of amides is 1. The number of carbonyl (C=O) groups is 1. The van der Waals surface area contributed by atoms with Crippen LogP contribution in [0.1, 0.15) is 26.3 Å². The van der Waals surface area contributed by atoms with Crippen LogP contribution in [0.2, 0.25) is 5.02 Å². The van der Waals surface area contributed by atoms with Gasteiger partial charge >= 0.3 is 0 Å². The highest BCUT2D eigenvalue weighted by Crippen LogP contribution is 2.28. The van der Waals surface area contributed by atoms with Gasteiger partial charge in [0.05, 0.1) is 11.3 Å². The molecule has 7 heteroatoms. The summed E-state index contributed by atoms with van der Waals surface area (Å²) in [5, 5.41) is 2.95. The summed E-state index contributed by atoms with van der Waals surface area (Å²) < 4.78 is 35.5. The molecule has 1 aromatic carbocycles. The van der Waals surface area contributed by atoms with E-state index in [9.17, 15) is 17.6 Å². The van der Waals surface area contributed by atoms with Crippen LogP contribution in [-0.2, 0) is 20.2 Å². The minimum atomic E-state index is -3.24. The molecule has 0 bridgehead atoms. The molecule has 0 saturated carbocycles. The number of sulfone groups is 1. The van der Waals surface area contributed by atoms with E-state index < -0.39 is 33.0 Å². The zero-order chi connectivity index (χ0) is 16.4. The van der Waals surface area contributed by atoms with Crippen LogP contribution in [0.15, 0.2) is 18.2 Å². The summed E-state index contributed by atoms with van der Waals surface area (Å²) in [5.74, 6) is -1.77. The van der Waals surface area contributed by atoms with Crippen LogP contribution in [-0.4, -0.2) is 26.3 Å². The standard InChI is InChI=1S/C14H19ClFNO3S/c1-9(8-21(4,19)20)13(18)17-14(2,3)11-6-5-10(16)7-12(11)15/h5-7,9H,8H2,1-4H3,(H,17,18)/t9-/m1/s1. The van der Waals surface area contributed by atoms with Crippen molar-refractivity contribution in [2.75, 3.05) is 12.0 Å². The molecule has 0 aromatic heterocycles. The van der Waals surface area contributed by atoms with Crippen molar-refractivity contribution in [2.45, 2.75) is 26.3 Å². The molecule has 0 saturated heterocycles. The third kappa shape index (κ3) is 5.28. The fourth-order valence-electron chi connectivity index (χ4n) is 2.02. The molecular formula is C14H19ClFNO3S. The average molecular weight is 336 g/mol. The monoisotopic (exact) mass is 335 g/mol. The Morgan fingerprint density at radius 1 is 1.43 bits per heavy atom. The maximum absolute atomic E-state index is 13.1. The summed E-state index contributed by atoms with van der Waals surface area (Å²) in [6, 6.07) is 3.93. The van der Waals surface area contributed by atoms with E-state index in [-0.39, 0.29) is 10.8 Å². The quantitative estimate of drug-likeness (QED) is 0.899. The molecule has 0 radical (unpaired) electrons. The first-order valence-electron chi connectivity index (χ1n) is 6.37. The average Bonchev–Trinajstić information content (AvgIpc) is 2.24. The molecule has 1 rings (SSSR count). The van der Waals surface area contributed by atoms with E-state index in [0.717, 1.165) is 6.26 Å². The van der Waals surface area contributed by atoms with Gasteiger partial charge in [0.1, 0.15) is 15.7 Å². The van der Waals surface area contributed by atoms with Crippen molar-refractivity contribution in [3.05, 3.63) is 34.6 Å². The second-order valence-electron chi connectivity index (χ2n) is 5.73. The number of carbonyl (C=O) groups excluding carboxylic acids is 1. The predicted molar refractivity (Wildman–Crippen MR) is 81.5 cm³/mol. The Morgan fingerprint density at radius 2 is 2.00 bits per heavy atom. The van der Waals surface area contributed by atoms with E-state index in [2.05, 4.69) is 5.32 Å². The Balaban J connectivity index is 2.91. The van der Waals surface area contributed by atoms with Gasteiger partial charge in [-0.25, -0.2) is 12.8 Å². The topological polar surface area (TPSA) is 63.2 Å². The summed E-state index contributed by atoms with van der Waals surface area (Å²) in [6.07, 6.45) is 1.08. The van der Waals surface area contributed by atoms with Gasteiger partial charge in [0.2, 0.25) is 5.91 Å². The van der Waals surface area contributed by atoms with E-state index in [4.69, 9.17) is 11.6 Å². The number of rotatable bonds is 5.